The first-order valence-corrected chi connectivity index (χ1v) is 27.4. The van der Waals surface area contributed by atoms with Crippen LogP contribution in [0.1, 0.15) is 107 Å². The lowest BCUT2D eigenvalue weighted by molar-refractivity contribution is -0.165. The van der Waals surface area contributed by atoms with Crippen LogP contribution in [0.4, 0.5) is 0 Å². The molecule has 2 heterocycles. The maximum absolute atomic E-state index is 12.3. The van der Waals surface area contributed by atoms with Gasteiger partial charge in [0.2, 0.25) is 0 Å². The molecule has 2 aliphatic heterocycles. The third kappa shape index (κ3) is 13.9. The third-order valence-corrected chi connectivity index (χ3v) is 18.5. The van der Waals surface area contributed by atoms with E-state index in [1.165, 1.54) is 48.5 Å². The zero-order chi connectivity index (χ0) is 49.1. The number of sulfone groups is 3. The Morgan fingerprint density at radius 1 is 0.574 bits per heavy atom. The van der Waals surface area contributed by atoms with Gasteiger partial charge in [0, 0.05) is 26.4 Å². The number of carbonyl (C=O) groups is 3. The first-order chi connectivity index (χ1) is 32.5. The zero-order valence-corrected chi connectivity index (χ0v) is 40.5. The summed E-state index contributed by atoms with van der Waals surface area (Å²) in [6.07, 6.45) is 4.88. The van der Waals surface area contributed by atoms with Gasteiger partial charge in [0.15, 0.2) is 41.7 Å². The maximum atomic E-state index is 12.3. The second-order valence-electron chi connectivity index (χ2n) is 16.8. The van der Waals surface area contributed by atoms with Crippen LogP contribution in [0, 0.1) is 5.53 Å². The molecule has 21 heteroatoms. The van der Waals surface area contributed by atoms with E-state index in [9.17, 15) is 44.7 Å². The predicted octanol–water partition coefficient (Wildman–Crippen LogP) is 5.58. The number of benzene rings is 3. The van der Waals surface area contributed by atoms with Gasteiger partial charge in [-0.25, -0.2) is 39.6 Å². The van der Waals surface area contributed by atoms with Crippen LogP contribution in [0.25, 0.3) is 0 Å². The zero-order valence-electron chi connectivity index (χ0n) is 38.0. The van der Waals surface area contributed by atoms with Gasteiger partial charge in [-0.3, -0.25) is 0 Å². The number of carboxylic acids is 1. The molecule has 0 spiro atoms. The molecule has 3 saturated carbocycles. The standard InChI is InChI=1S/C18H24O6S.C16H20O6S.C13H15N2O4S/c1-2-23-18(19)17(24-14-9-11-22-12-10-14)13-3-5-15(6-4-13)25(20,21)16-7-8-16;17-16(18)15(22-12-7-9-21-10-8-12)11-1-3-13(4-2-11)23(19,20)14-5-6-14;1-2-19-13(16)12(15-14)9-3-5-10(6-4-9)20(17,18)11-7-8-11/h3-6,14,16-17H,2,7-12H2,1H3;1-4,12,14-15H,5-10H2,(H,17,18);3-6,11,14H,2,7-8H2,1H3/q;;+1. The molecule has 2 N–H and O–H groups in total. The van der Waals surface area contributed by atoms with E-state index in [0.717, 1.165) is 25.7 Å². The molecule has 2 saturated heterocycles. The van der Waals surface area contributed by atoms with Gasteiger partial charge in [0.25, 0.3) is 0 Å². The van der Waals surface area contributed by atoms with Crippen molar-refractivity contribution >= 4 is 53.1 Å². The van der Waals surface area contributed by atoms with E-state index in [0.29, 0.717) is 86.5 Å². The molecule has 18 nitrogen and oxygen atoms in total. The van der Waals surface area contributed by atoms with Gasteiger partial charge < -0.3 is 33.5 Å². The number of carboxylic acid groups (broad SMARTS) is 1. The Kier molecular flexibility index (Phi) is 18.2. The van der Waals surface area contributed by atoms with Crippen molar-refractivity contribution < 1.29 is 78.0 Å². The average molecular weight is 1000 g/mol. The summed E-state index contributed by atoms with van der Waals surface area (Å²) in [6.45, 7) is 6.20. The second kappa shape index (κ2) is 23.6. The lowest BCUT2D eigenvalue weighted by Crippen LogP contribution is -2.29. The van der Waals surface area contributed by atoms with Gasteiger partial charge in [-0.15, -0.1) is 0 Å². The van der Waals surface area contributed by atoms with E-state index >= 15 is 0 Å². The minimum atomic E-state index is -3.26. The van der Waals surface area contributed by atoms with Crippen LogP contribution in [0.2, 0.25) is 0 Å². The molecule has 370 valence electrons. The minimum absolute atomic E-state index is 0.0713. The van der Waals surface area contributed by atoms with Crippen molar-refractivity contribution in [1.29, 1.82) is 5.53 Å². The number of hydrogen-bond donors (Lipinski definition) is 2. The summed E-state index contributed by atoms with van der Waals surface area (Å²) in [5.41, 5.74) is 8.33. The predicted molar refractivity (Wildman–Crippen MR) is 243 cm³/mol. The lowest BCUT2D eigenvalue weighted by Gasteiger charge is -2.27. The average Bonchev–Trinajstić information content (AvgIpc) is 4.15. The SMILES string of the molecule is CCOC(=O)C(=[N+]=N)c1ccc(S(=O)(=O)C2CC2)cc1.CCOC(=O)C(OC1CCOCC1)c1ccc(S(=O)(=O)C2CC2)cc1.O=C(O)C(OC1CCOCC1)c1ccc(S(=O)(=O)C2CC2)cc1. The van der Waals surface area contributed by atoms with E-state index in [-0.39, 0.29) is 56.7 Å². The van der Waals surface area contributed by atoms with Crippen LogP contribution < -0.4 is 0 Å². The normalized spacial score (nSPS) is 18.8. The van der Waals surface area contributed by atoms with Crippen LogP contribution in [0.15, 0.2) is 87.5 Å². The first-order valence-electron chi connectivity index (χ1n) is 22.8. The Balaban J connectivity index is 0.000000169. The monoisotopic (exact) mass is 1000 g/mol. The lowest BCUT2D eigenvalue weighted by atomic mass is 10.1. The number of esters is 2. The molecule has 3 aromatic carbocycles. The van der Waals surface area contributed by atoms with Crippen molar-refractivity contribution in [3.63, 3.8) is 0 Å². The van der Waals surface area contributed by atoms with Crippen LogP contribution in [-0.4, -0.2) is 126 Å². The summed E-state index contributed by atoms with van der Waals surface area (Å²) < 4.78 is 105. The summed E-state index contributed by atoms with van der Waals surface area (Å²) in [5.74, 6) is -2.22. The molecule has 5 fully saturated rings. The minimum Gasteiger partial charge on any atom is -0.479 e. The Hall–Kier alpha value is -4.86. The molecule has 2 unspecified atom stereocenters. The Labute approximate surface area is 397 Å². The number of carbonyl (C=O) groups excluding carboxylic acids is 2. The van der Waals surface area contributed by atoms with E-state index < -0.39 is 59.6 Å². The number of aliphatic carboxylic acids is 1. The van der Waals surface area contributed by atoms with Gasteiger partial charge in [0.05, 0.1) is 71.7 Å². The fourth-order valence-corrected chi connectivity index (χ4v) is 12.4. The Morgan fingerprint density at radius 2 is 0.926 bits per heavy atom. The summed E-state index contributed by atoms with van der Waals surface area (Å²) in [7, 11) is -9.75. The van der Waals surface area contributed by atoms with Crippen molar-refractivity contribution in [1.82, 2.24) is 0 Å². The van der Waals surface area contributed by atoms with Gasteiger partial charge >= 0.3 is 23.6 Å². The highest BCUT2D eigenvalue weighted by molar-refractivity contribution is 7.93. The van der Waals surface area contributed by atoms with Crippen LogP contribution in [0.5, 0.6) is 0 Å². The fraction of sp³-hybridized carbons (Fsp3) is 0.532. The molecular formula is C47H59N2O16S3+. The van der Waals surface area contributed by atoms with Gasteiger partial charge in [0.1, 0.15) is 0 Å². The number of nitrogens with zero attached hydrogens (tertiary/aromatic N) is 1. The van der Waals surface area contributed by atoms with E-state index in [1.54, 1.807) is 38.1 Å². The van der Waals surface area contributed by atoms with Crippen molar-refractivity contribution in [3.8, 4) is 0 Å². The molecule has 3 aromatic rings. The number of nitrogens with one attached hydrogen (secondary N) is 1. The molecule has 0 amide bonds. The largest absolute Gasteiger partial charge is 0.479 e. The molecule has 3 aliphatic carbocycles. The molecule has 5 aliphatic rings. The molecule has 0 aromatic heterocycles. The van der Waals surface area contributed by atoms with E-state index in [4.69, 9.17) is 34.0 Å². The third-order valence-electron chi connectivity index (χ3n) is 11.7. The van der Waals surface area contributed by atoms with Crippen molar-refractivity contribution in [2.24, 2.45) is 0 Å². The van der Waals surface area contributed by atoms with E-state index in [1.807, 2.05) is 0 Å². The fourth-order valence-electron chi connectivity index (χ4n) is 7.38. The molecule has 2 atom stereocenters. The molecule has 0 bridgehead atoms. The molecular weight excluding hydrogens is 945 g/mol. The summed E-state index contributed by atoms with van der Waals surface area (Å²) in [6, 6.07) is 18.3. The summed E-state index contributed by atoms with van der Waals surface area (Å²) in [4.78, 5) is 39.3. The highest BCUT2D eigenvalue weighted by Gasteiger charge is 2.39. The highest BCUT2D eigenvalue weighted by atomic mass is 32.2. The summed E-state index contributed by atoms with van der Waals surface area (Å²) >= 11 is 0. The van der Waals surface area contributed by atoms with Crippen molar-refractivity contribution in [2.75, 3.05) is 39.6 Å². The Morgan fingerprint density at radius 3 is 1.26 bits per heavy atom. The van der Waals surface area contributed by atoms with Gasteiger partial charge in [-0.1, -0.05) is 24.3 Å². The number of hydrogen-bond acceptors (Lipinski definition) is 16. The van der Waals surface area contributed by atoms with Crippen LogP contribution >= 0.6 is 0 Å². The van der Waals surface area contributed by atoms with Gasteiger partial charge in [-0.2, -0.15) is 0 Å². The Bertz CT molecular complexity index is 2590. The van der Waals surface area contributed by atoms with Crippen molar-refractivity contribution in [3.05, 3.63) is 89.5 Å². The van der Waals surface area contributed by atoms with Crippen molar-refractivity contribution in [2.45, 2.75) is 133 Å². The second-order valence-corrected chi connectivity index (χ2v) is 23.5. The van der Waals surface area contributed by atoms with Gasteiger partial charge in [-0.05, 0) is 138 Å². The van der Waals surface area contributed by atoms with Crippen LogP contribution in [0.3, 0.4) is 0 Å². The molecule has 0 radical (unpaired) electrons. The quantitative estimate of drug-likeness (QED) is 0.0681. The first kappa shape index (κ1) is 52.5. The number of ether oxygens (including phenoxy) is 6. The van der Waals surface area contributed by atoms with E-state index in [2.05, 4.69) is 4.79 Å². The maximum Gasteiger partial charge on any atom is 0.455 e. The number of rotatable bonds is 18. The molecule has 68 heavy (non-hydrogen) atoms. The molecule has 8 rings (SSSR count). The highest BCUT2D eigenvalue weighted by Crippen LogP contribution is 2.36. The summed E-state index contributed by atoms with van der Waals surface area (Å²) in [5, 5.41) is 8.61. The topological polar surface area (TPSA) is 267 Å². The smallest absolute Gasteiger partial charge is 0.455 e. The van der Waals surface area contributed by atoms with Crippen LogP contribution in [-0.2, 0) is 72.3 Å².